The molecular weight excluding hydrogens is 402 g/mol. The number of carbonyl (C=O) groups excluding carboxylic acids is 1. The molecule has 3 rings (SSSR count). The molecule has 0 saturated heterocycles. The van der Waals surface area contributed by atoms with Crippen LogP contribution in [0, 0.1) is 11.8 Å². The fraction of sp³-hybridized carbons (Fsp3) is 0.333. The zero-order chi connectivity index (χ0) is 21.5. The van der Waals surface area contributed by atoms with Gasteiger partial charge in [0.25, 0.3) is 0 Å². The number of hydrogen-bond donors (Lipinski definition) is 2. The van der Waals surface area contributed by atoms with Gasteiger partial charge in [-0.2, -0.15) is 0 Å². The number of carbonyl (C=O) groups is 2. The minimum atomic E-state index is -1.17. The Morgan fingerprint density at radius 3 is 2.40 bits per heavy atom. The van der Waals surface area contributed by atoms with E-state index < -0.39 is 5.97 Å². The summed E-state index contributed by atoms with van der Waals surface area (Å²) < 4.78 is 5.73. The summed E-state index contributed by atoms with van der Waals surface area (Å²) in [5.41, 5.74) is 0.509. The third-order valence-electron chi connectivity index (χ3n) is 5.37. The highest BCUT2D eigenvalue weighted by Crippen LogP contribution is 2.31. The van der Waals surface area contributed by atoms with E-state index in [2.05, 4.69) is 12.2 Å². The van der Waals surface area contributed by atoms with E-state index in [-0.39, 0.29) is 11.6 Å². The highest BCUT2D eigenvalue weighted by Gasteiger charge is 2.22. The van der Waals surface area contributed by atoms with Gasteiger partial charge in [-0.05, 0) is 60.6 Å². The van der Waals surface area contributed by atoms with Gasteiger partial charge in [-0.3, -0.25) is 4.79 Å². The molecule has 0 aromatic heterocycles. The number of carboxylic acids is 1. The number of aliphatic carboxylic acids is 1. The van der Waals surface area contributed by atoms with Crippen molar-refractivity contribution < 1.29 is 19.4 Å². The van der Waals surface area contributed by atoms with Crippen molar-refractivity contribution >= 4 is 29.6 Å². The smallest absolute Gasteiger partial charge is 0.352 e. The summed E-state index contributed by atoms with van der Waals surface area (Å²) in [5, 5.41) is 12.5. The molecule has 5 nitrogen and oxygen atoms in total. The highest BCUT2D eigenvalue weighted by atomic mass is 35.5. The molecule has 158 valence electrons. The van der Waals surface area contributed by atoms with Gasteiger partial charge in [0, 0.05) is 6.42 Å². The first-order chi connectivity index (χ1) is 14.4. The maximum Gasteiger partial charge on any atom is 0.352 e. The highest BCUT2D eigenvalue weighted by molar-refractivity contribution is 6.32. The van der Waals surface area contributed by atoms with Crippen molar-refractivity contribution in [2.75, 3.05) is 0 Å². The number of carboxylic acid groups (broad SMARTS) is 1. The molecular formula is C24H26ClNO4. The van der Waals surface area contributed by atoms with Gasteiger partial charge in [0.1, 0.15) is 17.2 Å². The van der Waals surface area contributed by atoms with E-state index in [0.29, 0.717) is 40.3 Å². The Morgan fingerprint density at radius 1 is 1.10 bits per heavy atom. The fourth-order valence-electron chi connectivity index (χ4n) is 3.60. The first kappa shape index (κ1) is 21.9. The molecule has 1 saturated carbocycles. The van der Waals surface area contributed by atoms with Crippen molar-refractivity contribution in [3.05, 3.63) is 64.8 Å². The number of amides is 1. The summed E-state index contributed by atoms with van der Waals surface area (Å²) in [7, 11) is 0. The van der Waals surface area contributed by atoms with Crippen LogP contribution in [0.4, 0.5) is 0 Å². The van der Waals surface area contributed by atoms with E-state index in [1.54, 1.807) is 36.4 Å². The van der Waals surface area contributed by atoms with Crippen LogP contribution < -0.4 is 10.1 Å². The Morgan fingerprint density at radius 2 is 1.77 bits per heavy atom. The Kier molecular flexibility index (Phi) is 7.52. The number of halogens is 1. The molecule has 0 bridgehead atoms. The van der Waals surface area contributed by atoms with E-state index in [1.165, 1.54) is 6.08 Å². The molecule has 1 aliphatic carbocycles. The summed E-state index contributed by atoms with van der Waals surface area (Å²) >= 11 is 6.09. The third-order valence-corrected chi connectivity index (χ3v) is 5.68. The van der Waals surface area contributed by atoms with Crippen molar-refractivity contribution in [2.24, 2.45) is 11.8 Å². The van der Waals surface area contributed by atoms with Crippen molar-refractivity contribution in [1.29, 1.82) is 0 Å². The van der Waals surface area contributed by atoms with Crippen LogP contribution in [0.25, 0.3) is 6.08 Å². The normalized spacial score (nSPS) is 19.2. The summed E-state index contributed by atoms with van der Waals surface area (Å²) in [6.45, 7) is 2.23. The summed E-state index contributed by atoms with van der Waals surface area (Å²) in [5.74, 6) is 0.741. The lowest BCUT2D eigenvalue weighted by Crippen LogP contribution is -2.29. The summed E-state index contributed by atoms with van der Waals surface area (Å²) in [6, 6.07) is 14.0. The molecule has 30 heavy (non-hydrogen) atoms. The number of rotatable bonds is 7. The maximum absolute atomic E-state index is 12.3. The van der Waals surface area contributed by atoms with Gasteiger partial charge >= 0.3 is 5.97 Å². The van der Waals surface area contributed by atoms with Gasteiger partial charge in [-0.1, -0.05) is 55.6 Å². The summed E-state index contributed by atoms with van der Waals surface area (Å²) in [6.07, 6.45) is 6.11. The number of para-hydroxylation sites is 1. The first-order valence-electron chi connectivity index (χ1n) is 10.2. The van der Waals surface area contributed by atoms with Gasteiger partial charge in [0.05, 0.1) is 5.02 Å². The van der Waals surface area contributed by atoms with Crippen LogP contribution in [0.1, 0.15) is 44.6 Å². The van der Waals surface area contributed by atoms with Crippen LogP contribution in [-0.2, 0) is 9.59 Å². The predicted molar refractivity (Wildman–Crippen MR) is 117 cm³/mol. The Bertz CT molecular complexity index is 915. The monoisotopic (exact) mass is 427 g/mol. The molecule has 0 unspecified atom stereocenters. The van der Waals surface area contributed by atoms with Crippen LogP contribution in [0.2, 0.25) is 5.02 Å². The molecule has 1 fully saturated rings. The molecule has 0 radical (unpaired) electrons. The van der Waals surface area contributed by atoms with Crippen LogP contribution in [0.3, 0.4) is 0 Å². The average Bonchev–Trinajstić information content (AvgIpc) is 2.72. The van der Waals surface area contributed by atoms with Crippen molar-refractivity contribution in [3.63, 3.8) is 0 Å². The second-order valence-corrected chi connectivity index (χ2v) is 8.25. The second-order valence-electron chi connectivity index (χ2n) is 7.84. The van der Waals surface area contributed by atoms with Gasteiger partial charge in [0.15, 0.2) is 0 Å². The van der Waals surface area contributed by atoms with Crippen LogP contribution >= 0.6 is 11.6 Å². The number of nitrogens with one attached hydrogen (secondary N) is 1. The zero-order valence-corrected chi connectivity index (χ0v) is 17.7. The molecule has 2 aromatic rings. The van der Waals surface area contributed by atoms with Crippen LogP contribution in [0.5, 0.6) is 11.5 Å². The van der Waals surface area contributed by atoms with Crippen LogP contribution in [-0.4, -0.2) is 17.0 Å². The molecule has 2 N–H and O–H groups in total. The van der Waals surface area contributed by atoms with Gasteiger partial charge in [-0.15, -0.1) is 0 Å². The SMILES string of the molecule is CC1CCC(CC(=O)NC(=Cc2ccc(Oc3ccccc3Cl)cc2)C(=O)O)CC1. The summed E-state index contributed by atoms with van der Waals surface area (Å²) in [4.78, 5) is 23.9. The van der Waals surface area contributed by atoms with Crippen molar-refractivity contribution in [1.82, 2.24) is 5.32 Å². The van der Waals surface area contributed by atoms with E-state index in [1.807, 2.05) is 12.1 Å². The van der Waals surface area contributed by atoms with Gasteiger partial charge in [-0.25, -0.2) is 4.79 Å². The minimum Gasteiger partial charge on any atom is -0.477 e. The van der Waals surface area contributed by atoms with Crippen LogP contribution in [0.15, 0.2) is 54.2 Å². The Hall–Kier alpha value is -2.79. The standard InChI is InChI=1S/C24H26ClNO4/c1-16-6-8-18(9-7-16)15-23(27)26-21(24(28)29)14-17-10-12-19(13-11-17)30-22-5-3-2-4-20(22)25/h2-5,10-14,16,18H,6-9,15H2,1H3,(H,26,27)(H,28,29). The fourth-order valence-corrected chi connectivity index (χ4v) is 3.78. The van der Waals surface area contributed by atoms with E-state index >= 15 is 0 Å². The lowest BCUT2D eigenvalue weighted by atomic mass is 9.81. The number of ether oxygens (including phenoxy) is 1. The molecule has 1 aliphatic rings. The van der Waals surface area contributed by atoms with Gasteiger partial charge < -0.3 is 15.2 Å². The molecule has 2 aromatic carbocycles. The van der Waals surface area contributed by atoms with E-state index in [4.69, 9.17) is 16.3 Å². The number of benzene rings is 2. The Labute approximate surface area is 181 Å². The molecule has 0 spiro atoms. The zero-order valence-electron chi connectivity index (χ0n) is 16.9. The lowest BCUT2D eigenvalue weighted by molar-refractivity contribution is -0.134. The van der Waals surface area contributed by atoms with E-state index in [9.17, 15) is 14.7 Å². The topological polar surface area (TPSA) is 75.6 Å². The van der Waals surface area contributed by atoms with Crippen molar-refractivity contribution in [3.8, 4) is 11.5 Å². The molecule has 0 heterocycles. The number of hydrogen-bond acceptors (Lipinski definition) is 3. The Balaban J connectivity index is 1.62. The average molecular weight is 428 g/mol. The quantitative estimate of drug-likeness (QED) is 0.540. The largest absolute Gasteiger partial charge is 0.477 e. The second kappa shape index (κ2) is 10.3. The molecule has 0 atom stereocenters. The first-order valence-corrected chi connectivity index (χ1v) is 10.6. The lowest BCUT2D eigenvalue weighted by Gasteiger charge is -2.25. The van der Waals surface area contributed by atoms with Crippen molar-refractivity contribution in [2.45, 2.75) is 39.0 Å². The third kappa shape index (κ3) is 6.36. The predicted octanol–water partition coefficient (Wildman–Crippen LogP) is 5.89. The minimum absolute atomic E-state index is 0.135. The molecule has 0 aliphatic heterocycles. The molecule has 6 heteroatoms. The molecule has 1 amide bonds. The van der Waals surface area contributed by atoms with E-state index in [0.717, 1.165) is 25.7 Å². The maximum atomic E-state index is 12.3. The van der Waals surface area contributed by atoms with Gasteiger partial charge in [0.2, 0.25) is 5.91 Å².